The number of sulfonamides is 1. The van der Waals surface area contributed by atoms with Crippen molar-refractivity contribution in [3.63, 3.8) is 0 Å². The van der Waals surface area contributed by atoms with Gasteiger partial charge in [0, 0.05) is 31.6 Å². The minimum atomic E-state index is -3.41. The molecule has 4 bridgehead atoms. The molecule has 0 spiro atoms. The van der Waals surface area contributed by atoms with Gasteiger partial charge in [0.1, 0.15) is 17.6 Å². The van der Waals surface area contributed by atoms with E-state index >= 15 is 0 Å². The molecule has 5 rings (SSSR count). The monoisotopic (exact) mass is 519 g/mol. The molecule has 194 valence electrons. The first-order valence-corrected chi connectivity index (χ1v) is 13.0. The lowest BCUT2D eigenvalue weighted by Crippen LogP contribution is -2.57. The predicted octanol–water partition coefficient (Wildman–Crippen LogP) is 0.916. The Morgan fingerprint density at radius 2 is 1.83 bits per heavy atom. The number of carbonyl (C=O) groups excluding carboxylic acids is 2. The van der Waals surface area contributed by atoms with E-state index in [0.29, 0.717) is 36.6 Å². The van der Waals surface area contributed by atoms with Gasteiger partial charge in [0.05, 0.1) is 12.3 Å². The second-order valence-corrected chi connectivity index (χ2v) is 10.4. The number of hydrogen-bond acceptors (Lipinski definition) is 7. The van der Waals surface area contributed by atoms with Gasteiger partial charge in [-0.25, -0.2) is 8.42 Å². The average Bonchev–Trinajstić information content (AvgIpc) is 2.83. The summed E-state index contributed by atoms with van der Waals surface area (Å²) in [6.07, 6.45) is 1.18. The van der Waals surface area contributed by atoms with Gasteiger partial charge in [-0.15, -0.1) is 0 Å². The molecule has 36 heavy (non-hydrogen) atoms. The molecule has 3 heterocycles. The van der Waals surface area contributed by atoms with Crippen LogP contribution in [-0.2, 0) is 26.2 Å². The lowest BCUT2D eigenvalue weighted by atomic mass is 10.0. The van der Waals surface area contributed by atoms with Gasteiger partial charge in [0.15, 0.2) is 6.61 Å². The van der Waals surface area contributed by atoms with E-state index < -0.39 is 22.2 Å². The summed E-state index contributed by atoms with van der Waals surface area (Å²) in [5, 5.41) is 12.6. The minimum Gasteiger partial charge on any atom is -0.488 e. The van der Waals surface area contributed by atoms with E-state index in [1.807, 2.05) is 19.1 Å². The summed E-state index contributed by atoms with van der Waals surface area (Å²) in [5.41, 5.74) is 2.03. The Morgan fingerprint density at radius 3 is 2.50 bits per heavy atom. The Balaban J connectivity index is 0.00000115. The summed E-state index contributed by atoms with van der Waals surface area (Å²) in [7, 11) is -3.41. The number of nitrogens with zero attached hydrogens (tertiary/aromatic N) is 1. The fraction of sp³-hybridized carbons (Fsp3) is 0.375. The summed E-state index contributed by atoms with van der Waals surface area (Å²) in [4.78, 5) is 33.6. The van der Waals surface area contributed by atoms with Crippen molar-refractivity contribution in [2.24, 2.45) is 0 Å². The number of amides is 2. The first-order valence-electron chi connectivity index (χ1n) is 11.2. The Kier molecular flexibility index (Phi) is 8.88. The molecule has 1 fully saturated rings. The van der Waals surface area contributed by atoms with Gasteiger partial charge in [0.25, 0.3) is 18.3 Å². The van der Waals surface area contributed by atoms with Crippen molar-refractivity contribution in [3.05, 3.63) is 59.2 Å². The highest BCUT2D eigenvalue weighted by molar-refractivity contribution is 7.88. The maximum atomic E-state index is 13.1. The summed E-state index contributed by atoms with van der Waals surface area (Å²) < 4.78 is 37.4. The van der Waals surface area contributed by atoms with Crippen LogP contribution in [0.1, 0.15) is 27.9 Å². The van der Waals surface area contributed by atoms with Crippen LogP contribution in [0.2, 0.25) is 0 Å². The van der Waals surface area contributed by atoms with Crippen LogP contribution in [0.15, 0.2) is 42.5 Å². The first-order chi connectivity index (χ1) is 17.1. The van der Waals surface area contributed by atoms with E-state index in [2.05, 4.69) is 10.6 Å². The highest BCUT2D eigenvalue weighted by Gasteiger charge is 2.35. The molecular weight excluding hydrogens is 490 g/mol. The lowest BCUT2D eigenvalue weighted by Gasteiger charge is -2.37. The standard InChI is InChI=1S/C23H27N3O6S.CH2O2/c1-15-3-6-17-11-21(15)31-14-22(27)24-12-16-4-7-18(8-5-16)32-20-9-10-26(33(2,29)30)13-19(20)25-23(17)28;2-1-3/h3-8,11,19-20H,9-10,12-14H2,1-2H3,(H,24,27)(H,25,28);1H,(H,2,3)/t19-,20-;/m0./s1. The Morgan fingerprint density at radius 1 is 1.14 bits per heavy atom. The number of ether oxygens (including phenoxy) is 2. The van der Waals surface area contributed by atoms with Gasteiger partial charge < -0.3 is 25.2 Å². The zero-order valence-electron chi connectivity index (χ0n) is 20.0. The van der Waals surface area contributed by atoms with Crippen molar-refractivity contribution in [3.8, 4) is 11.5 Å². The molecule has 11 nitrogen and oxygen atoms in total. The highest BCUT2D eigenvalue weighted by atomic mass is 32.2. The van der Waals surface area contributed by atoms with E-state index in [-0.39, 0.29) is 31.4 Å². The molecule has 3 aliphatic rings. The van der Waals surface area contributed by atoms with Crippen molar-refractivity contribution in [2.45, 2.75) is 32.0 Å². The van der Waals surface area contributed by atoms with E-state index in [9.17, 15) is 18.0 Å². The first kappa shape index (κ1) is 27.0. The van der Waals surface area contributed by atoms with Crippen LogP contribution in [0.5, 0.6) is 11.5 Å². The predicted molar refractivity (Wildman–Crippen MR) is 130 cm³/mol. The van der Waals surface area contributed by atoms with E-state index in [4.69, 9.17) is 19.4 Å². The van der Waals surface area contributed by atoms with Gasteiger partial charge in [-0.05, 0) is 42.3 Å². The van der Waals surface area contributed by atoms with Gasteiger partial charge in [-0.2, -0.15) is 4.31 Å². The number of fused-ring (bicyclic) bond motifs is 7. The van der Waals surface area contributed by atoms with Crippen LogP contribution >= 0.6 is 0 Å². The lowest BCUT2D eigenvalue weighted by molar-refractivity contribution is -0.123. The molecule has 2 amide bonds. The number of benzene rings is 2. The Bertz CT molecular complexity index is 1200. The average molecular weight is 520 g/mol. The maximum Gasteiger partial charge on any atom is 0.290 e. The third kappa shape index (κ3) is 7.18. The Labute approximate surface area is 209 Å². The minimum absolute atomic E-state index is 0.112. The molecule has 3 N–H and O–H groups in total. The van der Waals surface area contributed by atoms with Crippen LogP contribution in [-0.4, -0.2) is 74.2 Å². The summed E-state index contributed by atoms with van der Waals surface area (Å²) in [6, 6.07) is 11.7. The molecule has 0 saturated carbocycles. The number of piperidine rings is 1. The topological polar surface area (TPSA) is 151 Å². The fourth-order valence-electron chi connectivity index (χ4n) is 3.89. The molecule has 3 aliphatic heterocycles. The van der Waals surface area contributed by atoms with E-state index in [0.717, 1.165) is 17.4 Å². The van der Waals surface area contributed by atoms with Crippen LogP contribution in [0, 0.1) is 6.92 Å². The van der Waals surface area contributed by atoms with Gasteiger partial charge >= 0.3 is 0 Å². The van der Waals surface area contributed by atoms with E-state index in [1.54, 1.807) is 30.3 Å². The molecule has 0 unspecified atom stereocenters. The van der Waals surface area contributed by atoms with Gasteiger partial charge in [-0.1, -0.05) is 18.2 Å². The number of carbonyl (C=O) groups is 3. The third-order valence-corrected chi connectivity index (χ3v) is 7.08. The van der Waals surface area contributed by atoms with Crippen molar-refractivity contribution in [1.82, 2.24) is 14.9 Å². The number of aryl methyl sites for hydroxylation is 1. The molecule has 0 aliphatic carbocycles. The largest absolute Gasteiger partial charge is 0.488 e. The maximum absolute atomic E-state index is 13.1. The number of nitrogens with one attached hydrogen (secondary N) is 2. The van der Waals surface area contributed by atoms with Crippen LogP contribution in [0.3, 0.4) is 0 Å². The smallest absolute Gasteiger partial charge is 0.290 e. The molecule has 0 radical (unpaired) electrons. The van der Waals surface area contributed by atoms with Crippen molar-refractivity contribution in [1.29, 1.82) is 0 Å². The van der Waals surface area contributed by atoms with Crippen molar-refractivity contribution in [2.75, 3.05) is 26.0 Å². The zero-order valence-corrected chi connectivity index (χ0v) is 20.8. The third-order valence-electron chi connectivity index (χ3n) is 5.81. The van der Waals surface area contributed by atoms with Gasteiger partial charge in [0.2, 0.25) is 10.0 Å². The second-order valence-electron chi connectivity index (χ2n) is 8.44. The zero-order chi connectivity index (χ0) is 26.3. The molecular formula is C24H29N3O8S. The SMILES string of the molecule is Cc1ccc2cc1OCC(=O)NCc1ccc(cc1)O[C@H]1CCN(S(C)(=O)=O)C[C@@H]1NC2=O.O=CO. The summed E-state index contributed by atoms with van der Waals surface area (Å²) in [5.74, 6) is 0.381. The summed E-state index contributed by atoms with van der Waals surface area (Å²) in [6.45, 7) is 2.16. The van der Waals surface area contributed by atoms with Crippen LogP contribution < -0.4 is 20.1 Å². The number of hydrogen-bond donors (Lipinski definition) is 3. The van der Waals surface area contributed by atoms with E-state index in [1.165, 1.54) is 4.31 Å². The normalized spacial score (nSPS) is 20.7. The molecule has 12 heteroatoms. The highest BCUT2D eigenvalue weighted by Crippen LogP contribution is 2.23. The van der Waals surface area contributed by atoms with Crippen LogP contribution in [0.4, 0.5) is 0 Å². The molecule has 2 aromatic carbocycles. The van der Waals surface area contributed by atoms with Gasteiger partial charge in [-0.3, -0.25) is 14.4 Å². The molecule has 0 aromatic heterocycles. The number of rotatable bonds is 1. The molecule has 1 saturated heterocycles. The second kappa shape index (κ2) is 11.9. The Hall–Kier alpha value is -3.64. The quantitative estimate of drug-likeness (QED) is 0.471. The summed E-state index contributed by atoms with van der Waals surface area (Å²) >= 11 is 0. The number of carboxylic acid groups (broad SMARTS) is 1. The van der Waals surface area contributed by atoms with Crippen molar-refractivity contribution < 1.29 is 37.4 Å². The van der Waals surface area contributed by atoms with Crippen LogP contribution in [0.25, 0.3) is 0 Å². The molecule has 2 aromatic rings. The fourth-order valence-corrected chi connectivity index (χ4v) is 4.75. The molecule has 2 atom stereocenters. The van der Waals surface area contributed by atoms with Crippen molar-refractivity contribution >= 4 is 28.3 Å².